The Kier molecular flexibility index (Phi) is 16.2. The minimum Gasteiger partial charge on any atom is -0.399 e. The van der Waals surface area contributed by atoms with Crippen molar-refractivity contribution in [2.45, 2.75) is 76.8 Å². The molecule has 0 spiro atoms. The lowest BCUT2D eigenvalue weighted by atomic mass is 10.0. The number of halogens is 5. The molecule has 4 aliphatic heterocycles. The van der Waals surface area contributed by atoms with Crippen molar-refractivity contribution in [2.75, 3.05) is 42.5 Å². The summed E-state index contributed by atoms with van der Waals surface area (Å²) in [4.78, 5) is 58.5. The van der Waals surface area contributed by atoms with Crippen LogP contribution < -0.4 is 16.4 Å². The molecule has 4 unspecified atom stereocenters. The van der Waals surface area contributed by atoms with Gasteiger partial charge in [-0.05, 0) is 142 Å². The Labute approximate surface area is 425 Å². The van der Waals surface area contributed by atoms with Crippen LogP contribution in [0.5, 0.6) is 0 Å². The SMILES string of the molecule is CC(=O)Nc1cc(Cl)c(-c2cccc(N)c2)cc1/C=C/C(=O)N1C2CCC1CN(Cc1ccc(F)cc1)C2.CC(=O)Nc1cc(Cl)c(Br)cc1/C=C/C(=O)N1C2CCC1CN(Cc1ccc(F)cc1)C2. The third kappa shape index (κ3) is 12.5. The van der Waals surface area contributed by atoms with E-state index in [2.05, 4.69) is 36.4 Å². The topological polar surface area (TPSA) is 131 Å². The third-order valence-electron chi connectivity index (χ3n) is 13.1. The van der Waals surface area contributed by atoms with Gasteiger partial charge in [0, 0.05) is 117 Å². The standard InChI is InChI=1S/C30H30ClFN4O2.C24H24BrClFN3O2/c1-19(37)34-29-15-28(31)27(21-3-2-4-24(33)13-21)14-22(29)7-12-30(38)36-25-10-11-26(36)18-35(17-25)16-20-5-8-23(32)9-6-20;1-15(31)28-23-11-22(26)21(25)10-17(23)4-9-24(32)30-19-7-8-20(30)14-29(13-19)12-16-2-5-18(27)6-3-16/h2-9,12-15,25-26H,10-11,16-18,33H2,1H3,(H,34,37);2-6,9-11,19-20H,7-8,12-14H2,1H3,(H,28,31)/b12-7+;9-4+. The van der Waals surface area contributed by atoms with Gasteiger partial charge in [-0.3, -0.25) is 29.0 Å². The van der Waals surface area contributed by atoms with Crippen LogP contribution >= 0.6 is 39.1 Å². The maximum atomic E-state index is 13.4. The van der Waals surface area contributed by atoms with Crippen LogP contribution in [0.2, 0.25) is 10.0 Å². The molecule has 4 saturated heterocycles. The van der Waals surface area contributed by atoms with Crippen LogP contribution in [-0.2, 0) is 32.3 Å². The Morgan fingerprint density at radius 1 is 0.629 bits per heavy atom. The van der Waals surface area contributed by atoms with Crippen LogP contribution in [-0.4, -0.2) is 93.6 Å². The van der Waals surface area contributed by atoms with Crippen LogP contribution in [0.25, 0.3) is 23.3 Å². The van der Waals surface area contributed by atoms with Gasteiger partial charge in [0.1, 0.15) is 11.6 Å². The highest BCUT2D eigenvalue weighted by atomic mass is 79.9. The van der Waals surface area contributed by atoms with Gasteiger partial charge in [0.2, 0.25) is 23.6 Å². The molecule has 4 aliphatic rings. The zero-order chi connectivity index (χ0) is 49.6. The van der Waals surface area contributed by atoms with Gasteiger partial charge in [0.25, 0.3) is 0 Å². The number of nitrogen functional groups attached to an aromatic ring is 1. The number of carbonyl (C=O) groups excluding carboxylic acids is 4. The van der Waals surface area contributed by atoms with E-state index in [1.54, 1.807) is 48.6 Å². The molecule has 4 amide bonds. The van der Waals surface area contributed by atoms with Crippen molar-refractivity contribution >= 4 is 92.0 Å². The number of likely N-dealkylation sites (tertiary alicyclic amines) is 2. The summed E-state index contributed by atoms with van der Waals surface area (Å²) in [5.74, 6) is -0.982. The van der Waals surface area contributed by atoms with Crippen LogP contribution in [0.15, 0.2) is 114 Å². The van der Waals surface area contributed by atoms with E-state index < -0.39 is 0 Å². The summed E-state index contributed by atoms with van der Waals surface area (Å²) >= 11 is 16.1. The second-order valence-corrected chi connectivity index (χ2v) is 20.0. The molecule has 16 heteroatoms. The van der Waals surface area contributed by atoms with Gasteiger partial charge >= 0.3 is 0 Å². The van der Waals surface area contributed by atoms with Crippen molar-refractivity contribution in [1.29, 1.82) is 0 Å². The fourth-order valence-corrected chi connectivity index (χ4v) is 10.9. The highest BCUT2D eigenvalue weighted by molar-refractivity contribution is 9.10. The molecule has 4 fully saturated rings. The number of piperazine rings is 2. The van der Waals surface area contributed by atoms with Crippen molar-refractivity contribution in [3.05, 3.63) is 158 Å². The number of hydrogen-bond donors (Lipinski definition) is 3. The monoisotopic (exact) mass is 1050 g/mol. The Bertz CT molecular complexity index is 2800. The lowest BCUT2D eigenvalue weighted by Gasteiger charge is -2.40. The molecular formula is C54H54BrCl2F2N7O4. The average Bonchev–Trinajstić information content (AvgIpc) is 3.75. The molecule has 9 rings (SSSR count). The second-order valence-electron chi connectivity index (χ2n) is 18.3. The maximum absolute atomic E-state index is 13.4. The van der Waals surface area contributed by atoms with Crippen LogP contribution in [0.3, 0.4) is 0 Å². The number of nitrogens with one attached hydrogen (secondary N) is 2. The number of fused-ring (bicyclic) bond motifs is 4. The number of anilines is 3. The predicted octanol–water partition coefficient (Wildman–Crippen LogP) is 10.7. The number of nitrogens with zero attached hydrogens (tertiary/aromatic N) is 4. The molecule has 4 atom stereocenters. The summed E-state index contributed by atoms with van der Waals surface area (Å²) in [6.07, 6.45) is 10.5. The zero-order valence-electron chi connectivity index (χ0n) is 38.8. The number of rotatable bonds is 11. The lowest BCUT2D eigenvalue weighted by molar-refractivity contribution is -0.132. The molecule has 0 aromatic heterocycles. The molecule has 70 heavy (non-hydrogen) atoms. The minimum absolute atomic E-state index is 0.0289. The van der Waals surface area contributed by atoms with E-state index in [-0.39, 0.29) is 59.4 Å². The van der Waals surface area contributed by atoms with E-state index >= 15 is 0 Å². The number of hydrogen-bond acceptors (Lipinski definition) is 7. The first-order valence-corrected chi connectivity index (χ1v) is 24.8. The van der Waals surface area contributed by atoms with E-state index in [0.29, 0.717) is 42.7 Å². The summed E-state index contributed by atoms with van der Waals surface area (Å²) < 4.78 is 27.1. The number of nitrogens with two attached hydrogens (primary N) is 1. The van der Waals surface area contributed by atoms with Crippen molar-refractivity contribution in [2.24, 2.45) is 0 Å². The normalized spacial score (nSPS) is 19.9. The fraction of sp³-hybridized carbons (Fsp3) is 0.296. The molecule has 11 nitrogen and oxygen atoms in total. The molecule has 4 heterocycles. The average molecular weight is 1050 g/mol. The Morgan fingerprint density at radius 3 is 1.49 bits per heavy atom. The Balaban J connectivity index is 0.000000191. The summed E-state index contributed by atoms with van der Waals surface area (Å²) in [6.45, 7) is 7.52. The number of carbonyl (C=O) groups is 4. The van der Waals surface area contributed by atoms with Gasteiger partial charge in [-0.1, -0.05) is 59.6 Å². The van der Waals surface area contributed by atoms with E-state index in [9.17, 15) is 28.0 Å². The molecule has 4 N–H and O–H groups in total. The van der Waals surface area contributed by atoms with E-state index in [0.717, 1.165) is 87.2 Å². The third-order valence-corrected chi connectivity index (χ3v) is 14.6. The van der Waals surface area contributed by atoms with Crippen molar-refractivity contribution < 1.29 is 28.0 Å². The Hall–Kier alpha value is -5.90. The van der Waals surface area contributed by atoms with Gasteiger partial charge in [0.05, 0.1) is 10.0 Å². The molecule has 0 radical (unpaired) electrons. The van der Waals surface area contributed by atoms with E-state index in [1.165, 1.54) is 38.1 Å². The highest BCUT2D eigenvalue weighted by Gasteiger charge is 2.43. The first kappa shape index (κ1) is 50.5. The van der Waals surface area contributed by atoms with Crippen LogP contribution in [0.1, 0.15) is 61.8 Å². The first-order valence-electron chi connectivity index (χ1n) is 23.2. The maximum Gasteiger partial charge on any atom is 0.247 e. The molecule has 5 aromatic rings. The fourth-order valence-electron chi connectivity index (χ4n) is 10.1. The van der Waals surface area contributed by atoms with Crippen LogP contribution in [0, 0.1) is 11.6 Å². The summed E-state index contributed by atoms with van der Waals surface area (Å²) in [5, 5.41) is 6.52. The second kappa shape index (κ2) is 22.5. The molecule has 0 aliphatic carbocycles. The summed E-state index contributed by atoms with van der Waals surface area (Å²) in [5.41, 5.74) is 12.8. The van der Waals surface area contributed by atoms with E-state index in [4.69, 9.17) is 28.9 Å². The lowest BCUT2D eigenvalue weighted by Crippen LogP contribution is -2.55. The summed E-state index contributed by atoms with van der Waals surface area (Å²) in [6, 6.07) is 28.2. The van der Waals surface area contributed by atoms with Gasteiger partial charge in [-0.15, -0.1) is 0 Å². The molecule has 0 saturated carbocycles. The van der Waals surface area contributed by atoms with Crippen molar-refractivity contribution in [3.8, 4) is 11.1 Å². The van der Waals surface area contributed by atoms with Crippen molar-refractivity contribution in [3.63, 3.8) is 0 Å². The van der Waals surface area contributed by atoms with Gasteiger partial charge in [-0.2, -0.15) is 0 Å². The number of amides is 4. The molecular weight excluding hydrogens is 999 g/mol. The quantitative estimate of drug-likeness (QED) is 0.0887. The van der Waals surface area contributed by atoms with Gasteiger partial charge in [0.15, 0.2) is 0 Å². The van der Waals surface area contributed by atoms with Gasteiger partial charge < -0.3 is 26.2 Å². The number of benzene rings is 5. The highest BCUT2D eigenvalue weighted by Crippen LogP contribution is 2.37. The minimum atomic E-state index is -0.238. The molecule has 5 aromatic carbocycles. The van der Waals surface area contributed by atoms with E-state index in [1.807, 2.05) is 58.3 Å². The van der Waals surface area contributed by atoms with Crippen molar-refractivity contribution in [1.82, 2.24) is 19.6 Å². The molecule has 4 bridgehead atoms. The largest absolute Gasteiger partial charge is 0.399 e. The van der Waals surface area contributed by atoms with Gasteiger partial charge in [-0.25, -0.2) is 8.78 Å². The van der Waals surface area contributed by atoms with Crippen LogP contribution in [0.4, 0.5) is 25.8 Å². The Morgan fingerprint density at radius 2 is 1.06 bits per heavy atom. The smallest absolute Gasteiger partial charge is 0.247 e. The molecule has 364 valence electrons. The summed E-state index contributed by atoms with van der Waals surface area (Å²) in [7, 11) is 0. The first-order chi connectivity index (χ1) is 33.6. The zero-order valence-corrected chi connectivity index (χ0v) is 41.9. The predicted molar refractivity (Wildman–Crippen MR) is 278 cm³/mol.